The van der Waals surface area contributed by atoms with E-state index in [0.717, 1.165) is 81.8 Å². The number of alkyl halides is 3. The quantitative estimate of drug-likeness (QED) is 0.271. The average molecular weight is 493 g/mol. The van der Waals surface area contributed by atoms with Crippen LogP contribution in [0, 0.1) is 17.7 Å². The van der Waals surface area contributed by atoms with Gasteiger partial charge in [-0.15, -0.1) is 0 Å². The van der Waals surface area contributed by atoms with Crippen molar-refractivity contribution in [2.24, 2.45) is 11.8 Å². The normalized spacial score (nSPS) is 25.5. The molecule has 1 aliphatic carbocycles. The van der Waals surface area contributed by atoms with Crippen LogP contribution in [0.4, 0.5) is 17.6 Å². The van der Waals surface area contributed by atoms with Crippen LogP contribution in [0.25, 0.3) is 11.1 Å². The third-order valence-electron chi connectivity index (χ3n) is 7.75. The van der Waals surface area contributed by atoms with Crippen molar-refractivity contribution in [2.75, 3.05) is 13.2 Å². The lowest BCUT2D eigenvalue weighted by Gasteiger charge is -2.30. The molecule has 2 aliphatic rings. The van der Waals surface area contributed by atoms with Crippen molar-refractivity contribution in [1.82, 2.24) is 0 Å². The molecule has 1 aliphatic heterocycles. The van der Waals surface area contributed by atoms with Crippen molar-refractivity contribution in [1.29, 1.82) is 0 Å². The fourth-order valence-electron chi connectivity index (χ4n) is 5.37. The molecule has 1 saturated heterocycles. The number of ether oxygens (including phenoxy) is 2. The molecule has 4 rings (SSSR count). The maximum atomic E-state index is 14.9. The van der Waals surface area contributed by atoms with Gasteiger partial charge in [0, 0.05) is 11.5 Å². The van der Waals surface area contributed by atoms with Crippen molar-refractivity contribution >= 4 is 0 Å². The third-order valence-corrected chi connectivity index (χ3v) is 7.75. The highest BCUT2D eigenvalue weighted by molar-refractivity contribution is 5.65. The van der Waals surface area contributed by atoms with Crippen molar-refractivity contribution in [2.45, 2.75) is 83.1 Å². The van der Waals surface area contributed by atoms with Crippen molar-refractivity contribution < 1.29 is 27.0 Å². The second-order valence-corrected chi connectivity index (χ2v) is 10.2. The predicted octanol–water partition coefficient (Wildman–Crippen LogP) is 8.74. The number of hydrogen-bond acceptors (Lipinski definition) is 2. The standard InChI is InChI=1S/C29H36F4O2/c1-2-20-18-34-28(35-19-20)6-4-3-5-21-7-9-22(10-8-21)24-13-16-26(27(30)17-24)23-11-14-25(15-12-23)29(31,32)33/h11-17,20-22,28H,2-10,18-19H2,1H3. The van der Waals surface area contributed by atoms with Crippen molar-refractivity contribution in [3.05, 3.63) is 59.4 Å². The summed E-state index contributed by atoms with van der Waals surface area (Å²) in [6.07, 6.45) is 5.59. The SMILES string of the molecule is CCC1COC(CCCCC2CCC(c3ccc(-c4ccc(C(F)(F)F)cc4)c(F)c3)CC2)OC1. The van der Waals surface area contributed by atoms with Gasteiger partial charge in [-0.05, 0) is 86.1 Å². The highest BCUT2D eigenvalue weighted by Crippen LogP contribution is 2.39. The number of unbranched alkanes of at least 4 members (excludes halogenated alkanes) is 1. The van der Waals surface area contributed by atoms with Crippen LogP contribution in [0.1, 0.15) is 81.8 Å². The molecule has 1 saturated carbocycles. The lowest BCUT2D eigenvalue weighted by Crippen LogP contribution is -2.31. The zero-order valence-electron chi connectivity index (χ0n) is 20.5. The summed E-state index contributed by atoms with van der Waals surface area (Å²) in [5.41, 5.74) is 1.07. The summed E-state index contributed by atoms with van der Waals surface area (Å²) in [5.74, 6) is 1.23. The summed E-state index contributed by atoms with van der Waals surface area (Å²) >= 11 is 0. The van der Waals surface area contributed by atoms with Crippen LogP contribution in [0.5, 0.6) is 0 Å². The molecule has 35 heavy (non-hydrogen) atoms. The third kappa shape index (κ3) is 7.07. The van der Waals surface area contributed by atoms with Gasteiger partial charge in [0.2, 0.25) is 0 Å². The summed E-state index contributed by atoms with van der Waals surface area (Å²) in [6, 6.07) is 9.89. The van der Waals surface area contributed by atoms with Crippen LogP contribution in [-0.2, 0) is 15.7 Å². The van der Waals surface area contributed by atoms with Crippen LogP contribution in [0.15, 0.2) is 42.5 Å². The Labute approximate surface area is 206 Å². The first-order chi connectivity index (χ1) is 16.8. The van der Waals surface area contributed by atoms with E-state index in [2.05, 4.69) is 6.92 Å². The number of hydrogen-bond donors (Lipinski definition) is 0. The first kappa shape index (κ1) is 26.2. The molecule has 0 spiro atoms. The van der Waals surface area contributed by atoms with Gasteiger partial charge in [0.1, 0.15) is 5.82 Å². The first-order valence-corrected chi connectivity index (χ1v) is 13.0. The molecule has 6 heteroatoms. The Hall–Kier alpha value is -1.92. The highest BCUT2D eigenvalue weighted by Gasteiger charge is 2.30. The molecule has 0 radical (unpaired) electrons. The molecule has 0 atom stereocenters. The lowest BCUT2D eigenvalue weighted by molar-refractivity contribution is -0.203. The number of benzene rings is 2. The number of halogens is 4. The Bertz CT molecular complexity index is 925. The fraction of sp³-hybridized carbons (Fsp3) is 0.586. The summed E-state index contributed by atoms with van der Waals surface area (Å²) in [7, 11) is 0. The van der Waals surface area contributed by atoms with E-state index in [4.69, 9.17) is 9.47 Å². The molecule has 0 aromatic heterocycles. The Morgan fingerprint density at radius 3 is 2.09 bits per heavy atom. The van der Waals surface area contributed by atoms with Gasteiger partial charge in [0.25, 0.3) is 0 Å². The van der Waals surface area contributed by atoms with Gasteiger partial charge in [-0.3, -0.25) is 0 Å². The van der Waals surface area contributed by atoms with Crippen molar-refractivity contribution in [3.8, 4) is 11.1 Å². The van der Waals surface area contributed by atoms with Gasteiger partial charge in [-0.25, -0.2) is 4.39 Å². The van der Waals surface area contributed by atoms with Crippen LogP contribution in [-0.4, -0.2) is 19.5 Å². The lowest BCUT2D eigenvalue weighted by atomic mass is 9.77. The maximum absolute atomic E-state index is 14.9. The minimum Gasteiger partial charge on any atom is -0.352 e. The monoisotopic (exact) mass is 492 g/mol. The Morgan fingerprint density at radius 2 is 1.49 bits per heavy atom. The molecule has 2 fully saturated rings. The van der Waals surface area contributed by atoms with Crippen LogP contribution >= 0.6 is 0 Å². The van der Waals surface area contributed by atoms with E-state index in [1.54, 1.807) is 12.1 Å². The molecule has 0 unspecified atom stereocenters. The van der Waals surface area contributed by atoms with E-state index in [9.17, 15) is 17.6 Å². The van der Waals surface area contributed by atoms with E-state index in [1.165, 1.54) is 25.0 Å². The van der Waals surface area contributed by atoms with Gasteiger partial charge in [-0.1, -0.05) is 44.0 Å². The molecule has 0 bridgehead atoms. The van der Waals surface area contributed by atoms with E-state index < -0.39 is 11.7 Å². The van der Waals surface area contributed by atoms with Gasteiger partial charge in [0.05, 0.1) is 18.8 Å². The zero-order chi connectivity index (χ0) is 24.8. The van der Waals surface area contributed by atoms with Crippen LogP contribution < -0.4 is 0 Å². The molecule has 0 N–H and O–H groups in total. The van der Waals surface area contributed by atoms with E-state index in [1.807, 2.05) is 6.07 Å². The van der Waals surface area contributed by atoms with Gasteiger partial charge >= 0.3 is 6.18 Å². The van der Waals surface area contributed by atoms with E-state index in [0.29, 0.717) is 23.0 Å². The van der Waals surface area contributed by atoms with Crippen molar-refractivity contribution in [3.63, 3.8) is 0 Å². The molecule has 192 valence electrons. The van der Waals surface area contributed by atoms with Crippen LogP contribution in [0.2, 0.25) is 0 Å². The molecular formula is C29H36F4O2. The van der Waals surface area contributed by atoms with Gasteiger partial charge in [0.15, 0.2) is 6.29 Å². The second kappa shape index (κ2) is 11.9. The Balaban J connectivity index is 1.21. The minimum atomic E-state index is -4.39. The summed E-state index contributed by atoms with van der Waals surface area (Å²) in [4.78, 5) is 0. The molecule has 2 aromatic carbocycles. The predicted molar refractivity (Wildman–Crippen MR) is 129 cm³/mol. The van der Waals surface area contributed by atoms with Gasteiger partial charge in [-0.2, -0.15) is 13.2 Å². The summed E-state index contributed by atoms with van der Waals surface area (Å²) in [5, 5.41) is 0. The molecule has 2 aromatic rings. The van der Waals surface area contributed by atoms with E-state index in [-0.39, 0.29) is 12.1 Å². The second-order valence-electron chi connectivity index (χ2n) is 10.2. The number of rotatable bonds is 8. The highest BCUT2D eigenvalue weighted by atomic mass is 19.4. The largest absolute Gasteiger partial charge is 0.416 e. The van der Waals surface area contributed by atoms with Gasteiger partial charge < -0.3 is 9.47 Å². The zero-order valence-corrected chi connectivity index (χ0v) is 20.5. The molecular weight excluding hydrogens is 456 g/mol. The first-order valence-electron chi connectivity index (χ1n) is 13.0. The minimum absolute atomic E-state index is 0.0334. The Morgan fingerprint density at radius 1 is 0.829 bits per heavy atom. The fourth-order valence-corrected chi connectivity index (χ4v) is 5.37. The summed E-state index contributed by atoms with van der Waals surface area (Å²) in [6.45, 7) is 3.80. The topological polar surface area (TPSA) is 18.5 Å². The Kier molecular flexibility index (Phi) is 8.87. The molecule has 1 heterocycles. The van der Waals surface area contributed by atoms with E-state index >= 15 is 0 Å². The molecule has 0 amide bonds. The summed E-state index contributed by atoms with van der Waals surface area (Å²) < 4.78 is 64.8. The smallest absolute Gasteiger partial charge is 0.352 e. The maximum Gasteiger partial charge on any atom is 0.416 e. The average Bonchev–Trinajstić information content (AvgIpc) is 2.87. The van der Waals surface area contributed by atoms with Crippen LogP contribution in [0.3, 0.4) is 0 Å². The molecule has 2 nitrogen and oxygen atoms in total.